The highest BCUT2D eigenvalue weighted by Gasteiger charge is 2.31. The molecule has 1 fully saturated rings. The van der Waals surface area contributed by atoms with E-state index in [4.69, 9.17) is 9.84 Å². The molecule has 6 heteroatoms. The lowest BCUT2D eigenvalue weighted by Gasteiger charge is -2.31. The number of benzene rings is 1. The maximum Gasteiger partial charge on any atom is 0.240 e. The molecule has 0 radical (unpaired) electrons. The predicted molar refractivity (Wildman–Crippen MR) is 71.6 cm³/mol. The molecule has 106 valence electrons. The van der Waals surface area contributed by atoms with E-state index in [1.54, 1.807) is 12.1 Å². The average molecular weight is 285 g/mol. The number of sulfonamides is 1. The molecule has 1 aliphatic rings. The monoisotopic (exact) mass is 285 g/mol. The molecule has 2 N–H and O–H groups in total. The quantitative estimate of drug-likeness (QED) is 0.825. The van der Waals surface area contributed by atoms with E-state index < -0.39 is 10.0 Å². The van der Waals surface area contributed by atoms with Crippen molar-refractivity contribution in [1.29, 1.82) is 0 Å². The van der Waals surface area contributed by atoms with E-state index in [1.807, 2.05) is 6.92 Å². The molecule has 2 rings (SSSR count). The molecule has 0 heterocycles. The number of hydrogen-bond acceptors (Lipinski definition) is 4. The van der Waals surface area contributed by atoms with E-state index in [1.165, 1.54) is 12.1 Å². The molecular formula is C13H19NO4S. The molecule has 0 spiro atoms. The number of hydrogen-bond donors (Lipinski definition) is 2. The summed E-state index contributed by atoms with van der Waals surface area (Å²) in [5.74, 6) is 0.667. The number of aliphatic hydroxyl groups excluding tert-OH is 1. The topological polar surface area (TPSA) is 75.6 Å². The highest BCUT2D eigenvalue weighted by molar-refractivity contribution is 7.89. The number of aliphatic hydroxyl groups is 1. The summed E-state index contributed by atoms with van der Waals surface area (Å²) in [6.07, 6.45) is 1.50. The van der Waals surface area contributed by atoms with Gasteiger partial charge in [0.1, 0.15) is 5.75 Å². The first-order chi connectivity index (χ1) is 9.01. The van der Waals surface area contributed by atoms with Gasteiger partial charge in [0.05, 0.1) is 17.6 Å². The van der Waals surface area contributed by atoms with Gasteiger partial charge in [0.2, 0.25) is 10.0 Å². The summed E-state index contributed by atoms with van der Waals surface area (Å²) >= 11 is 0. The Morgan fingerprint density at radius 1 is 1.32 bits per heavy atom. The fourth-order valence-electron chi connectivity index (χ4n) is 1.91. The lowest BCUT2D eigenvalue weighted by molar-refractivity contribution is 0.0712. The minimum Gasteiger partial charge on any atom is -0.494 e. The van der Waals surface area contributed by atoms with Crippen LogP contribution < -0.4 is 9.46 Å². The van der Waals surface area contributed by atoms with E-state index >= 15 is 0 Å². The smallest absolute Gasteiger partial charge is 0.240 e. The van der Waals surface area contributed by atoms with Crippen molar-refractivity contribution in [3.63, 3.8) is 0 Å². The summed E-state index contributed by atoms with van der Waals surface area (Å²) in [6, 6.07) is 6.21. The summed E-state index contributed by atoms with van der Waals surface area (Å²) < 4.78 is 32.0. The molecule has 0 aliphatic heterocycles. The van der Waals surface area contributed by atoms with Gasteiger partial charge in [0.25, 0.3) is 0 Å². The normalized spacial score (nSPS) is 22.8. The molecule has 1 aliphatic carbocycles. The van der Waals surface area contributed by atoms with E-state index in [-0.39, 0.29) is 17.0 Å². The van der Waals surface area contributed by atoms with Crippen molar-refractivity contribution in [3.05, 3.63) is 24.3 Å². The summed E-state index contributed by atoms with van der Waals surface area (Å²) in [6.45, 7) is 2.63. The van der Waals surface area contributed by atoms with Crippen molar-refractivity contribution < 1.29 is 18.3 Å². The fourth-order valence-corrected chi connectivity index (χ4v) is 3.17. The molecule has 0 amide bonds. The predicted octanol–water partition coefficient (Wildman–Crippen LogP) is 1.28. The van der Waals surface area contributed by atoms with E-state index in [9.17, 15) is 8.42 Å². The summed E-state index contributed by atoms with van der Waals surface area (Å²) in [5, 5.41) is 9.15. The highest BCUT2D eigenvalue weighted by Crippen LogP contribution is 2.23. The van der Waals surface area contributed by atoms with Gasteiger partial charge in [0, 0.05) is 6.04 Å². The summed E-state index contributed by atoms with van der Waals surface area (Å²) in [4.78, 5) is 0.220. The largest absolute Gasteiger partial charge is 0.494 e. The van der Waals surface area contributed by atoms with Gasteiger partial charge in [-0.25, -0.2) is 13.1 Å². The molecule has 0 atom stereocenters. The van der Waals surface area contributed by atoms with Crippen LogP contribution in [-0.2, 0) is 10.0 Å². The van der Waals surface area contributed by atoms with Crippen LogP contribution >= 0.6 is 0 Å². The molecule has 19 heavy (non-hydrogen) atoms. The zero-order valence-corrected chi connectivity index (χ0v) is 11.7. The van der Waals surface area contributed by atoms with Crippen LogP contribution in [0.1, 0.15) is 26.2 Å². The first-order valence-electron chi connectivity index (χ1n) is 6.44. The molecule has 0 saturated heterocycles. The molecule has 1 saturated carbocycles. The van der Waals surface area contributed by atoms with Gasteiger partial charge in [-0.2, -0.15) is 0 Å². The fraction of sp³-hybridized carbons (Fsp3) is 0.538. The van der Waals surface area contributed by atoms with Crippen LogP contribution in [0.2, 0.25) is 0 Å². The van der Waals surface area contributed by atoms with Crippen LogP contribution in [0.25, 0.3) is 0 Å². The first-order valence-corrected chi connectivity index (χ1v) is 7.93. The van der Waals surface area contributed by atoms with Crippen molar-refractivity contribution >= 4 is 10.0 Å². The third-order valence-corrected chi connectivity index (χ3v) is 4.58. The van der Waals surface area contributed by atoms with Crippen LogP contribution in [0.4, 0.5) is 0 Å². The second-order valence-electron chi connectivity index (χ2n) is 4.76. The lowest BCUT2D eigenvalue weighted by Crippen LogP contribution is -2.46. The van der Waals surface area contributed by atoms with Gasteiger partial charge >= 0.3 is 0 Å². The maximum absolute atomic E-state index is 12.0. The lowest BCUT2D eigenvalue weighted by atomic mass is 9.91. The van der Waals surface area contributed by atoms with Crippen LogP contribution in [0.3, 0.4) is 0 Å². The Morgan fingerprint density at radius 3 is 2.47 bits per heavy atom. The van der Waals surface area contributed by atoms with Gasteiger partial charge in [-0.1, -0.05) is 6.92 Å². The zero-order chi connectivity index (χ0) is 13.9. The summed E-state index contributed by atoms with van der Waals surface area (Å²) in [5.41, 5.74) is 0. The van der Waals surface area contributed by atoms with E-state index in [2.05, 4.69) is 4.72 Å². The maximum atomic E-state index is 12.0. The Balaban J connectivity index is 1.99. The van der Waals surface area contributed by atoms with Gasteiger partial charge in [0.15, 0.2) is 0 Å². The van der Waals surface area contributed by atoms with E-state index in [0.717, 1.165) is 6.42 Å². The van der Waals surface area contributed by atoms with Gasteiger partial charge in [-0.15, -0.1) is 0 Å². The summed E-state index contributed by atoms with van der Waals surface area (Å²) in [7, 11) is -3.50. The number of rotatable bonds is 6. The third kappa shape index (κ3) is 3.68. The number of ether oxygens (including phenoxy) is 1. The zero-order valence-electron chi connectivity index (χ0n) is 10.9. The highest BCUT2D eigenvalue weighted by atomic mass is 32.2. The standard InChI is InChI=1S/C13H19NO4S/c1-2-7-18-12-3-5-13(6-4-12)19(16,17)14-10-8-11(15)9-10/h3-6,10-11,14-15H,2,7-9H2,1H3. The SMILES string of the molecule is CCCOc1ccc(S(=O)(=O)NC2CC(O)C2)cc1. The van der Waals surface area contributed by atoms with Crippen molar-refractivity contribution in [2.75, 3.05) is 6.61 Å². The Morgan fingerprint density at radius 2 is 1.95 bits per heavy atom. The van der Waals surface area contributed by atoms with Gasteiger partial charge in [-0.05, 0) is 43.5 Å². The molecule has 5 nitrogen and oxygen atoms in total. The number of nitrogens with one attached hydrogen (secondary N) is 1. The van der Waals surface area contributed by atoms with Crippen molar-refractivity contribution in [2.24, 2.45) is 0 Å². The molecule has 0 aromatic heterocycles. The second kappa shape index (κ2) is 5.90. The molecule has 0 unspecified atom stereocenters. The Kier molecular flexibility index (Phi) is 4.44. The average Bonchev–Trinajstić information content (AvgIpc) is 2.35. The molecule has 1 aromatic carbocycles. The minimum atomic E-state index is -3.50. The molecule has 0 bridgehead atoms. The van der Waals surface area contributed by atoms with Crippen molar-refractivity contribution in [3.8, 4) is 5.75 Å². The molecule has 1 aromatic rings. The van der Waals surface area contributed by atoms with Crippen molar-refractivity contribution in [2.45, 2.75) is 43.2 Å². The van der Waals surface area contributed by atoms with Crippen molar-refractivity contribution in [1.82, 2.24) is 4.72 Å². The van der Waals surface area contributed by atoms with Gasteiger partial charge in [-0.3, -0.25) is 0 Å². The van der Waals surface area contributed by atoms with Gasteiger partial charge < -0.3 is 9.84 Å². The first kappa shape index (κ1) is 14.3. The third-order valence-electron chi connectivity index (χ3n) is 3.04. The van der Waals surface area contributed by atoms with E-state index in [0.29, 0.717) is 25.2 Å². The Labute approximate surface area is 113 Å². The van der Waals surface area contributed by atoms with Crippen LogP contribution in [0.15, 0.2) is 29.2 Å². The Hall–Kier alpha value is -1.11. The molecular weight excluding hydrogens is 266 g/mol. The van der Waals surface area contributed by atoms with Crippen LogP contribution in [0, 0.1) is 0 Å². The Bertz CT molecular complexity index is 506. The second-order valence-corrected chi connectivity index (χ2v) is 6.48. The van der Waals surface area contributed by atoms with Crippen LogP contribution in [-0.4, -0.2) is 32.3 Å². The van der Waals surface area contributed by atoms with Crippen LogP contribution in [0.5, 0.6) is 5.75 Å². The minimum absolute atomic E-state index is 0.156.